The molecule has 0 spiro atoms. The number of hydrogen-bond donors (Lipinski definition) is 2. The summed E-state index contributed by atoms with van der Waals surface area (Å²) in [5.41, 5.74) is 4.72. The zero-order valence-corrected chi connectivity index (χ0v) is 5.52. The molecular weight excluding hydrogens is 171 g/mol. The molecule has 0 amide bonds. The Morgan fingerprint density at radius 3 is 2.50 bits per heavy atom. The van der Waals surface area contributed by atoms with Gasteiger partial charge >= 0.3 is 29.6 Å². The van der Waals surface area contributed by atoms with Crippen LogP contribution in [0.2, 0.25) is 0 Å². The van der Waals surface area contributed by atoms with Crippen LogP contribution in [0.25, 0.3) is 0 Å². The van der Waals surface area contributed by atoms with Crippen molar-refractivity contribution in [2.24, 2.45) is 0 Å². The zero-order valence-electron chi connectivity index (χ0n) is 5.52. The molecule has 0 radical (unpaired) electrons. The molecule has 12 heavy (non-hydrogen) atoms. The Morgan fingerprint density at radius 2 is 2.08 bits per heavy atom. The first-order valence-electron chi connectivity index (χ1n) is 2.85. The number of rotatable bonds is 1. The molecule has 5 nitrogen and oxygen atoms in total. The number of aromatic hydroxyl groups is 1. The van der Waals surface area contributed by atoms with Crippen LogP contribution in [0.3, 0.4) is 0 Å². The number of anilines is 1. The van der Waals surface area contributed by atoms with Gasteiger partial charge in [-0.25, -0.2) is 0 Å². The van der Waals surface area contributed by atoms with Crippen LogP contribution in [0.5, 0.6) is 5.75 Å². The summed E-state index contributed by atoms with van der Waals surface area (Å²) in [6.07, 6.45) is 0. The molecule has 0 bridgehead atoms. The van der Waals surface area contributed by atoms with Crippen LogP contribution in [0.1, 0.15) is 0 Å². The molecule has 1 aromatic rings. The molecule has 0 aliphatic carbocycles. The van der Waals surface area contributed by atoms with Crippen LogP contribution in [0.4, 0.5) is 11.4 Å². The molecule has 6 heteroatoms. The second-order valence-electron chi connectivity index (χ2n) is 1.97. The number of nitro benzene ring substituents is 1. The van der Waals surface area contributed by atoms with E-state index in [1.807, 2.05) is 0 Å². The van der Waals surface area contributed by atoms with Gasteiger partial charge in [-0.3, -0.25) is 10.1 Å². The van der Waals surface area contributed by atoms with E-state index in [9.17, 15) is 10.1 Å². The maximum atomic E-state index is 10.2. The van der Waals surface area contributed by atoms with Crippen molar-refractivity contribution in [2.75, 3.05) is 5.73 Å². The first-order valence-corrected chi connectivity index (χ1v) is 2.85. The van der Waals surface area contributed by atoms with Crippen molar-refractivity contribution in [3.05, 3.63) is 28.3 Å². The second kappa shape index (κ2) is 4.30. The molecule has 1 rings (SSSR count). The van der Waals surface area contributed by atoms with E-state index in [0.29, 0.717) is 0 Å². The molecule has 0 aliphatic rings. The van der Waals surface area contributed by atoms with E-state index in [2.05, 4.69) is 0 Å². The number of phenolic OH excluding ortho intramolecular Hbond substituents is 1. The molecule has 60 valence electrons. The quantitative estimate of drug-likeness (QED) is 0.212. The standard InChI is InChI=1S/C6H6N2O3.Na.H/c7-6-4(8(10)11)2-1-3-5(6)9;;/h1-3,9H,7H2;;. The van der Waals surface area contributed by atoms with Crippen molar-refractivity contribution in [3.8, 4) is 5.75 Å². The number of nitrogen functional groups attached to an aromatic ring is 1. The van der Waals surface area contributed by atoms with Crippen LogP contribution < -0.4 is 5.73 Å². The van der Waals surface area contributed by atoms with Gasteiger partial charge in [0.2, 0.25) is 0 Å². The fourth-order valence-electron chi connectivity index (χ4n) is 0.700. The van der Waals surface area contributed by atoms with Crippen LogP contribution in [-0.2, 0) is 0 Å². The van der Waals surface area contributed by atoms with Crippen molar-refractivity contribution in [3.63, 3.8) is 0 Å². The number of para-hydroxylation sites is 1. The third kappa shape index (κ3) is 2.10. The van der Waals surface area contributed by atoms with Crippen LogP contribution in [0.15, 0.2) is 18.2 Å². The molecule has 0 unspecified atom stereocenters. The molecule has 0 atom stereocenters. The van der Waals surface area contributed by atoms with E-state index in [0.717, 1.165) is 0 Å². The van der Waals surface area contributed by atoms with Gasteiger partial charge in [-0.2, -0.15) is 0 Å². The first-order chi connectivity index (χ1) is 5.13. The fourth-order valence-corrected chi connectivity index (χ4v) is 0.700. The molecule has 0 fully saturated rings. The van der Waals surface area contributed by atoms with Gasteiger partial charge in [-0.05, 0) is 6.07 Å². The number of nitro groups is 1. The minimum absolute atomic E-state index is 0. The summed E-state index contributed by atoms with van der Waals surface area (Å²) in [6.45, 7) is 0. The van der Waals surface area contributed by atoms with Crippen molar-refractivity contribution >= 4 is 40.9 Å². The van der Waals surface area contributed by atoms with Crippen LogP contribution in [0, 0.1) is 10.1 Å². The Kier molecular flexibility index (Phi) is 4.02. The summed E-state index contributed by atoms with van der Waals surface area (Å²) in [7, 11) is 0. The Labute approximate surface area is 90.6 Å². The summed E-state index contributed by atoms with van der Waals surface area (Å²) in [5.74, 6) is -0.265. The van der Waals surface area contributed by atoms with Gasteiger partial charge in [-0.15, -0.1) is 0 Å². The Hall–Kier alpha value is -0.780. The van der Waals surface area contributed by atoms with Crippen LogP contribution in [-0.4, -0.2) is 39.6 Å². The third-order valence-electron chi connectivity index (χ3n) is 1.26. The van der Waals surface area contributed by atoms with Gasteiger partial charge in [0.1, 0.15) is 5.75 Å². The molecule has 3 N–H and O–H groups in total. The van der Waals surface area contributed by atoms with E-state index < -0.39 is 4.92 Å². The topological polar surface area (TPSA) is 89.4 Å². The van der Waals surface area contributed by atoms with E-state index >= 15 is 0 Å². The molecule has 0 aromatic heterocycles. The average Bonchev–Trinajstić information content (AvgIpc) is 1.94. The zero-order chi connectivity index (χ0) is 8.43. The van der Waals surface area contributed by atoms with Crippen molar-refractivity contribution in [1.82, 2.24) is 0 Å². The van der Waals surface area contributed by atoms with Gasteiger partial charge in [0.25, 0.3) is 5.69 Å². The number of phenols is 1. The Balaban J connectivity index is 0.00000121. The van der Waals surface area contributed by atoms with Crippen LogP contribution >= 0.6 is 0 Å². The van der Waals surface area contributed by atoms with Gasteiger partial charge in [0.15, 0.2) is 5.69 Å². The summed E-state index contributed by atoms with van der Waals surface area (Å²) >= 11 is 0. The minimum atomic E-state index is -0.644. The molecule has 1 aromatic carbocycles. The molecule has 0 saturated heterocycles. The van der Waals surface area contributed by atoms with Gasteiger partial charge < -0.3 is 10.8 Å². The van der Waals surface area contributed by atoms with Gasteiger partial charge in [-0.1, -0.05) is 6.07 Å². The number of benzene rings is 1. The summed E-state index contributed by atoms with van der Waals surface area (Å²) in [6, 6.07) is 3.89. The van der Waals surface area contributed by atoms with E-state index in [4.69, 9.17) is 10.8 Å². The summed E-state index contributed by atoms with van der Waals surface area (Å²) in [4.78, 5) is 9.54. The van der Waals surface area contributed by atoms with Crippen molar-refractivity contribution in [1.29, 1.82) is 0 Å². The van der Waals surface area contributed by atoms with E-state index in [1.54, 1.807) is 0 Å². The van der Waals surface area contributed by atoms with E-state index in [-0.39, 0.29) is 46.7 Å². The van der Waals surface area contributed by atoms with Gasteiger partial charge in [0.05, 0.1) is 4.92 Å². The third-order valence-corrected chi connectivity index (χ3v) is 1.26. The SMILES string of the molecule is Nc1c(O)cccc1[N+](=O)[O-].[NaH]. The number of nitrogens with two attached hydrogens (primary N) is 1. The molecule has 0 heterocycles. The Morgan fingerprint density at radius 1 is 1.50 bits per heavy atom. The predicted molar refractivity (Wildman–Crippen MR) is 46.3 cm³/mol. The van der Waals surface area contributed by atoms with E-state index in [1.165, 1.54) is 18.2 Å². The predicted octanol–water partition coefficient (Wildman–Crippen LogP) is 0.234. The monoisotopic (exact) mass is 178 g/mol. The fraction of sp³-hybridized carbons (Fsp3) is 0. The summed E-state index contributed by atoms with van der Waals surface area (Å²) in [5, 5.41) is 19.1. The maximum absolute atomic E-state index is 10.2. The summed E-state index contributed by atoms with van der Waals surface area (Å²) < 4.78 is 0. The second-order valence-corrected chi connectivity index (χ2v) is 1.97. The van der Waals surface area contributed by atoms with Crippen molar-refractivity contribution in [2.45, 2.75) is 0 Å². The molecule has 0 saturated carbocycles. The number of nitrogens with zero attached hydrogens (tertiary/aromatic N) is 1. The Bertz CT molecular complexity index is 303. The normalized spacial score (nSPS) is 8.67. The molecular formula is C6H7N2NaO3. The number of hydrogen-bond acceptors (Lipinski definition) is 4. The van der Waals surface area contributed by atoms with Crippen molar-refractivity contribution < 1.29 is 10.0 Å². The van der Waals surface area contributed by atoms with Gasteiger partial charge in [0, 0.05) is 6.07 Å². The molecule has 0 aliphatic heterocycles. The first kappa shape index (κ1) is 11.2. The average molecular weight is 178 g/mol.